The van der Waals surface area contributed by atoms with Crippen molar-refractivity contribution >= 4 is 11.8 Å². The molecule has 0 spiro atoms. The van der Waals surface area contributed by atoms with E-state index in [0.29, 0.717) is 5.69 Å². The van der Waals surface area contributed by atoms with Gasteiger partial charge in [0, 0.05) is 6.04 Å². The van der Waals surface area contributed by atoms with Crippen LogP contribution in [0, 0.1) is 0 Å². The van der Waals surface area contributed by atoms with Gasteiger partial charge in [-0.15, -0.1) is 0 Å². The summed E-state index contributed by atoms with van der Waals surface area (Å²) in [6.45, 7) is 2.10. The van der Waals surface area contributed by atoms with E-state index in [4.69, 9.17) is 5.73 Å². The fraction of sp³-hybridized carbons (Fsp3) is 0.364. The molecular formula is C11H14N2O. The molecule has 3 nitrogen and oxygen atoms in total. The van der Waals surface area contributed by atoms with Crippen LogP contribution in [-0.4, -0.2) is 6.08 Å². The maximum atomic E-state index is 9.98. The van der Waals surface area contributed by atoms with Crippen LogP contribution in [0.2, 0.25) is 0 Å². The summed E-state index contributed by atoms with van der Waals surface area (Å²) in [5, 5.41) is 0. The summed E-state index contributed by atoms with van der Waals surface area (Å²) >= 11 is 0. The molecule has 1 atom stereocenters. The first-order valence-electron chi connectivity index (χ1n) is 4.71. The van der Waals surface area contributed by atoms with Gasteiger partial charge in [-0.1, -0.05) is 25.5 Å². The molecule has 14 heavy (non-hydrogen) atoms. The van der Waals surface area contributed by atoms with E-state index in [9.17, 15) is 4.79 Å². The second-order valence-electron chi connectivity index (χ2n) is 3.19. The van der Waals surface area contributed by atoms with Crippen molar-refractivity contribution in [2.75, 3.05) is 0 Å². The standard InChI is InChI=1S/C11H14N2O/c1-2-3-11(12)9-4-6-10(7-5-9)13-8-14/h4-7,11H,2-3,12H2,1H3. The Kier molecular flexibility index (Phi) is 4.05. The average molecular weight is 190 g/mol. The SMILES string of the molecule is CCCC(N)c1ccc(N=C=O)cc1. The van der Waals surface area contributed by atoms with Gasteiger partial charge in [0.25, 0.3) is 0 Å². The van der Waals surface area contributed by atoms with Crippen molar-refractivity contribution in [3.63, 3.8) is 0 Å². The summed E-state index contributed by atoms with van der Waals surface area (Å²) in [5.74, 6) is 0. The van der Waals surface area contributed by atoms with Crippen molar-refractivity contribution < 1.29 is 4.79 Å². The van der Waals surface area contributed by atoms with Gasteiger partial charge in [-0.2, -0.15) is 4.99 Å². The molecule has 0 radical (unpaired) electrons. The molecule has 1 unspecified atom stereocenters. The summed E-state index contributed by atoms with van der Waals surface area (Å²) < 4.78 is 0. The van der Waals surface area contributed by atoms with Crippen molar-refractivity contribution in [2.45, 2.75) is 25.8 Å². The molecule has 0 amide bonds. The van der Waals surface area contributed by atoms with Gasteiger partial charge >= 0.3 is 0 Å². The highest BCUT2D eigenvalue weighted by Crippen LogP contribution is 2.19. The summed E-state index contributed by atoms with van der Waals surface area (Å²) in [6.07, 6.45) is 3.54. The summed E-state index contributed by atoms with van der Waals surface area (Å²) in [6, 6.07) is 7.42. The fourth-order valence-corrected chi connectivity index (χ4v) is 1.33. The molecule has 2 N–H and O–H groups in total. The Hall–Kier alpha value is -1.44. The van der Waals surface area contributed by atoms with Crippen LogP contribution in [0.5, 0.6) is 0 Å². The van der Waals surface area contributed by atoms with Crippen LogP contribution < -0.4 is 5.73 Å². The van der Waals surface area contributed by atoms with Crippen molar-refractivity contribution in [2.24, 2.45) is 10.7 Å². The van der Waals surface area contributed by atoms with Crippen LogP contribution in [0.1, 0.15) is 31.4 Å². The minimum Gasteiger partial charge on any atom is -0.324 e. The smallest absolute Gasteiger partial charge is 0.240 e. The van der Waals surface area contributed by atoms with Gasteiger partial charge in [0.05, 0.1) is 5.69 Å². The van der Waals surface area contributed by atoms with Gasteiger partial charge in [-0.25, -0.2) is 4.79 Å². The molecule has 0 aliphatic carbocycles. The molecule has 0 aliphatic rings. The van der Waals surface area contributed by atoms with Crippen LogP contribution in [0.3, 0.4) is 0 Å². The predicted molar refractivity (Wildman–Crippen MR) is 56.1 cm³/mol. The quantitative estimate of drug-likeness (QED) is 0.585. The number of aliphatic imine (C=N–C) groups is 1. The molecule has 3 heteroatoms. The highest BCUT2D eigenvalue weighted by molar-refractivity contribution is 5.49. The summed E-state index contributed by atoms with van der Waals surface area (Å²) in [5.41, 5.74) is 7.62. The number of benzene rings is 1. The number of isocyanates is 1. The average Bonchev–Trinajstić information content (AvgIpc) is 2.20. The molecule has 0 heterocycles. The van der Waals surface area contributed by atoms with Crippen molar-refractivity contribution in [1.29, 1.82) is 0 Å². The number of rotatable bonds is 4. The largest absolute Gasteiger partial charge is 0.324 e. The predicted octanol–water partition coefficient (Wildman–Crippen LogP) is 2.45. The zero-order valence-corrected chi connectivity index (χ0v) is 8.23. The topological polar surface area (TPSA) is 55.4 Å². The van der Waals surface area contributed by atoms with E-state index in [1.165, 1.54) is 6.08 Å². The minimum atomic E-state index is 0.0780. The first-order chi connectivity index (χ1) is 6.77. The first-order valence-corrected chi connectivity index (χ1v) is 4.71. The molecule has 0 aromatic heterocycles. The van der Waals surface area contributed by atoms with E-state index in [2.05, 4.69) is 11.9 Å². The van der Waals surface area contributed by atoms with Crippen LogP contribution >= 0.6 is 0 Å². The van der Waals surface area contributed by atoms with Crippen molar-refractivity contribution in [3.05, 3.63) is 29.8 Å². The van der Waals surface area contributed by atoms with Crippen LogP contribution in [0.4, 0.5) is 5.69 Å². The van der Waals surface area contributed by atoms with Gasteiger partial charge in [-0.3, -0.25) is 0 Å². The van der Waals surface area contributed by atoms with Crippen molar-refractivity contribution in [3.8, 4) is 0 Å². The second kappa shape index (κ2) is 5.32. The first kappa shape index (κ1) is 10.6. The molecule has 74 valence electrons. The normalized spacial score (nSPS) is 11.9. The Bertz CT molecular complexity index is 326. The van der Waals surface area contributed by atoms with Crippen LogP contribution in [-0.2, 0) is 4.79 Å². The lowest BCUT2D eigenvalue weighted by atomic mass is 10.0. The number of nitrogens with two attached hydrogens (primary N) is 1. The van der Waals surface area contributed by atoms with Gasteiger partial charge in [0.1, 0.15) is 0 Å². The summed E-state index contributed by atoms with van der Waals surface area (Å²) in [4.78, 5) is 13.5. The van der Waals surface area contributed by atoms with Crippen LogP contribution in [0.25, 0.3) is 0 Å². The third kappa shape index (κ3) is 2.80. The molecule has 0 bridgehead atoms. The maximum absolute atomic E-state index is 9.98. The monoisotopic (exact) mass is 190 g/mol. The van der Waals surface area contributed by atoms with Gasteiger partial charge in [0.2, 0.25) is 6.08 Å². The fourth-order valence-electron chi connectivity index (χ4n) is 1.33. The van der Waals surface area contributed by atoms with Gasteiger partial charge < -0.3 is 5.73 Å². The Morgan fingerprint density at radius 1 is 1.43 bits per heavy atom. The number of carbonyl (C=O) groups excluding carboxylic acids is 1. The lowest BCUT2D eigenvalue weighted by Gasteiger charge is -2.09. The Balaban J connectivity index is 2.77. The van der Waals surface area contributed by atoms with Crippen LogP contribution in [0.15, 0.2) is 29.3 Å². The zero-order chi connectivity index (χ0) is 10.4. The Morgan fingerprint density at radius 3 is 2.57 bits per heavy atom. The second-order valence-corrected chi connectivity index (χ2v) is 3.19. The highest BCUT2D eigenvalue weighted by atomic mass is 16.1. The molecule has 0 saturated heterocycles. The van der Waals surface area contributed by atoms with E-state index < -0.39 is 0 Å². The third-order valence-electron chi connectivity index (χ3n) is 2.10. The zero-order valence-electron chi connectivity index (χ0n) is 8.23. The summed E-state index contributed by atoms with van der Waals surface area (Å²) in [7, 11) is 0. The molecule has 1 aromatic rings. The van der Waals surface area contributed by atoms with Crippen molar-refractivity contribution in [1.82, 2.24) is 0 Å². The van der Waals surface area contributed by atoms with E-state index in [1.54, 1.807) is 12.1 Å². The van der Waals surface area contributed by atoms with E-state index in [1.807, 2.05) is 12.1 Å². The molecule has 0 fully saturated rings. The van der Waals surface area contributed by atoms with Gasteiger partial charge in [0.15, 0.2) is 0 Å². The lowest BCUT2D eigenvalue weighted by molar-refractivity contribution is 0.565. The minimum absolute atomic E-state index is 0.0780. The van der Waals surface area contributed by atoms with E-state index in [0.717, 1.165) is 18.4 Å². The lowest BCUT2D eigenvalue weighted by Crippen LogP contribution is -2.09. The number of hydrogen-bond acceptors (Lipinski definition) is 3. The molecule has 0 aliphatic heterocycles. The Morgan fingerprint density at radius 2 is 2.07 bits per heavy atom. The maximum Gasteiger partial charge on any atom is 0.240 e. The number of hydrogen-bond donors (Lipinski definition) is 1. The molecule has 0 saturated carbocycles. The van der Waals surface area contributed by atoms with E-state index >= 15 is 0 Å². The highest BCUT2D eigenvalue weighted by Gasteiger charge is 2.03. The molecular weight excluding hydrogens is 176 g/mol. The Labute approximate surface area is 83.7 Å². The number of nitrogens with zero attached hydrogens (tertiary/aromatic N) is 1. The van der Waals surface area contributed by atoms with Gasteiger partial charge in [-0.05, 0) is 24.1 Å². The van der Waals surface area contributed by atoms with E-state index in [-0.39, 0.29) is 6.04 Å². The molecule has 1 rings (SSSR count). The molecule has 1 aromatic carbocycles. The third-order valence-corrected chi connectivity index (χ3v) is 2.10.